The average molecular weight is 305 g/mol. The Bertz CT molecular complexity index is 401. The maximum absolute atomic E-state index is 3.15. The molecule has 4 aliphatic rings. The zero-order valence-electron chi connectivity index (χ0n) is 14.5. The van der Waals surface area contributed by atoms with Gasteiger partial charge >= 0.3 is 0 Å². The first-order valence-electron chi connectivity index (χ1n) is 9.60. The van der Waals surface area contributed by atoms with Gasteiger partial charge in [0, 0.05) is 12.1 Å². The van der Waals surface area contributed by atoms with Crippen LogP contribution in [0.1, 0.15) is 51.9 Å². The SMILES string of the molecule is CC1CCC2C(C1)C1[CH]C3CCCCC3C1N2[Si](C)(C)C. The molecule has 3 aliphatic carbocycles. The van der Waals surface area contributed by atoms with E-state index in [4.69, 9.17) is 0 Å². The zero-order chi connectivity index (χ0) is 14.8. The summed E-state index contributed by atoms with van der Waals surface area (Å²) in [6.45, 7) is 10.3. The van der Waals surface area contributed by atoms with E-state index in [2.05, 4.69) is 37.6 Å². The maximum Gasteiger partial charge on any atom is 0.119 e. The molecule has 0 amide bonds. The molecule has 119 valence electrons. The van der Waals surface area contributed by atoms with E-state index in [0.29, 0.717) is 0 Å². The van der Waals surface area contributed by atoms with E-state index in [9.17, 15) is 0 Å². The summed E-state index contributed by atoms with van der Waals surface area (Å²) in [5, 5.41) is 0. The van der Waals surface area contributed by atoms with E-state index in [0.717, 1.165) is 41.7 Å². The van der Waals surface area contributed by atoms with Gasteiger partial charge in [0.15, 0.2) is 0 Å². The molecule has 1 nitrogen and oxygen atoms in total. The molecule has 1 heterocycles. The summed E-state index contributed by atoms with van der Waals surface area (Å²) in [5.74, 6) is 4.94. The van der Waals surface area contributed by atoms with Crippen LogP contribution in [0.2, 0.25) is 19.6 Å². The molecule has 0 bridgehead atoms. The third-order valence-corrected chi connectivity index (χ3v) is 9.43. The average Bonchev–Trinajstić information content (AvgIpc) is 2.92. The fourth-order valence-corrected chi connectivity index (χ4v) is 9.23. The lowest BCUT2D eigenvalue weighted by atomic mass is 9.74. The highest BCUT2D eigenvalue weighted by Crippen LogP contribution is 2.58. The molecule has 1 aliphatic heterocycles. The summed E-state index contributed by atoms with van der Waals surface area (Å²) in [5.41, 5.74) is 0. The van der Waals surface area contributed by atoms with Crippen molar-refractivity contribution in [1.82, 2.24) is 4.57 Å². The molecule has 0 aromatic heterocycles. The van der Waals surface area contributed by atoms with E-state index < -0.39 is 8.24 Å². The molecule has 4 rings (SSSR count). The lowest BCUT2D eigenvalue weighted by Gasteiger charge is -2.46. The first-order chi connectivity index (χ1) is 9.97. The summed E-state index contributed by atoms with van der Waals surface area (Å²) in [7, 11) is -1.20. The van der Waals surface area contributed by atoms with Crippen LogP contribution in [0.15, 0.2) is 0 Å². The molecule has 0 spiro atoms. The topological polar surface area (TPSA) is 3.24 Å². The summed E-state index contributed by atoms with van der Waals surface area (Å²) in [6.07, 6.45) is 13.4. The number of rotatable bonds is 1. The molecule has 2 heteroatoms. The third kappa shape index (κ3) is 2.27. The van der Waals surface area contributed by atoms with E-state index in [1.807, 2.05) is 0 Å². The van der Waals surface area contributed by atoms with Gasteiger partial charge in [-0.1, -0.05) is 39.4 Å². The summed E-state index contributed by atoms with van der Waals surface area (Å²) in [6, 6.07) is 1.89. The number of nitrogens with zero attached hydrogens (tertiary/aromatic N) is 1. The lowest BCUT2D eigenvalue weighted by Crippen LogP contribution is -2.56. The van der Waals surface area contributed by atoms with E-state index in [1.165, 1.54) is 44.9 Å². The van der Waals surface area contributed by atoms with Crippen molar-refractivity contribution >= 4 is 8.24 Å². The molecule has 21 heavy (non-hydrogen) atoms. The van der Waals surface area contributed by atoms with Crippen molar-refractivity contribution in [3.63, 3.8) is 0 Å². The van der Waals surface area contributed by atoms with Gasteiger partial charge in [0.05, 0.1) is 0 Å². The second kappa shape index (κ2) is 5.09. The van der Waals surface area contributed by atoms with Crippen molar-refractivity contribution in [3.05, 3.63) is 6.42 Å². The van der Waals surface area contributed by atoms with E-state index in [1.54, 1.807) is 0 Å². The highest BCUT2D eigenvalue weighted by atomic mass is 28.3. The minimum absolute atomic E-state index is 0.946. The quantitative estimate of drug-likeness (QED) is 0.619. The van der Waals surface area contributed by atoms with Crippen molar-refractivity contribution < 1.29 is 0 Å². The van der Waals surface area contributed by atoms with Gasteiger partial charge in [0.2, 0.25) is 0 Å². The highest BCUT2D eigenvalue weighted by molar-refractivity contribution is 6.73. The van der Waals surface area contributed by atoms with Crippen molar-refractivity contribution in [2.75, 3.05) is 0 Å². The monoisotopic (exact) mass is 304 g/mol. The Labute approximate surface area is 133 Å². The Morgan fingerprint density at radius 3 is 2.48 bits per heavy atom. The zero-order valence-corrected chi connectivity index (χ0v) is 15.5. The van der Waals surface area contributed by atoms with Crippen LogP contribution >= 0.6 is 0 Å². The van der Waals surface area contributed by atoms with Crippen molar-refractivity contribution in [2.45, 2.75) is 83.6 Å². The fraction of sp³-hybridized carbons (Fsp3) is 0.947. The third-order valence-electron chi connectivity index (χ3n) is 7.25. The van der Waals surface area contributed by atoms with Crippen LogP contribution in [-0.4, -0.2) is 24.9 Å². The Balaban J connectivity index is 1.68. The second-order valence-electron chi connectivity index (χ2n) is 9.60. The molecular weight excluding hydrogens is 270 g/mol. The minimum atomic E-state index is -1.20. The van der Waals surface area contributed by atoms with Crippen LogP contribution in [0.4, 0.5) is 0 Å². The van der Waals surface area contributed by atoms with Crippen LogP contribution in [0.3, 0.4) is 0 Å². The highest BCUT2D eigenvalue weighted by Gasteiger charge is 2.60. The fourth-order valence-electron chi connectivity index (χ4n) is 6.66. The number of hydrogen-bond donors (Lipinski definition) is 0. The van der Waals surface area contributed by atoms with Gasteiger partial charge in [0.25, 0.3) is 0 Å². The first kappa shape index (κ1) is 14.7. The van der Waals surface area contributed by atoms with E-state index in [-0.39, 0.29) is 0 Å². The summed E-state index contributed by atoms with van der Waals surface area (Å²) < 4.78 is 3.15. The van der Waals surface area contributed by atoms with Gasteiger partial charge in [0.1, 0.15) is 8.24 Å². The van der Waals surface area contributed by atoms with Crippen LogP contribution < -0.4 is 0 Å². The summed E-state index contributed by atoms with van der Waals surface area (Å²) in [4.78, 5) is 0. The van der Waals surface area contributed by atoms with Gasteiger partial charge in [-0.05, 0) is 68.1 Å². The van der Waals surface area contributed by atoms with Crippen LogP contribution in [0.25, 0.3) is 0 Å². The maximum atomic E-state index is 3.15. The molecule has 7 unspecified atom stereocenters. The molecule has 1 saturated heterocycles. The Kier molecular flexibility index (Phi) is 3.58. The Morgan fingerprint density at radius 1 is 0.952 bits per heavy atom. The summed E-state index contributed by atoms with van der Waals surface area (Å²) >= 11 is 0. The first-order valence-corrected chi connectivity index (χ1v) is 13.0. The molecule has 0 aromatic carbocycles. The van der Waals surface area contributed by atoms with Crippen LogP contribution in [0.5, 0.6) is 0 Å². The molecule has 4 fully saturated rings. The molecule has 0 aromatic rings. The standard InChI is InChI=1S/C19H34NSi/c1-13-9-10-18-16(11-13)17-12-14-7-5-6-8-15(14)19(17)20(18)21(2,3)4/h12-19H,5-11H2,1-4H3. The lowest BCUT2D eigenvalue weighted by molar-refractivity contribution is 0.153. The normalized spacial score (nSPS) is 50.6. The molecule has 3 saturated carbocycles. The van der Waals surface area contributed by atoms with Crippen molar-refractivity contribution in [1.29, 1.82) is 0 Å². The van der Waals surface area contributed by atoms with Crippen molar-refractivity contribution in [3.8, 4) is 0 Å². The van der Waals surface area contributed by atoms with E-state index >= 15 is 0 Å². The van der Waals surface area contributed by atoms with Gasteiger partial charge in [-0.25, -0.2) is 0 Å². The Hall–Kier alpha value is 0.177. The molecule has 0 N–H and O–H groups in total. The van der Waals surface area contributed by atoms with Gasteiger partial charge in [-0.3, -0.25) is 0 Å². The number of fused-ring (bicyclic) bond motifs is 5. The van der Waals surface area contributed by atoms with Crippen LogP contribution in [-0.2, 0) is 0 Å². The molecule has 7 atom stereocenters. The molecular formula is C19H34NSi. The smallest absolute Gasteiger partial charge is 0.119 e. The minimum Gasteiger partial charge on any atom is -0.318 e. The second-order valence-corrected chi connectivity index (χ2v) is 14.5. The van der Waals surface area contributed by atoms with Crippen molar-refractivity contribution in [2.24, 2.45) is 29.6 Å². The predicted molar refractivity (Wildman–Crippen MR) is 92.5 cm³/mol. The molecule has 1 radical (unpaired) electrons. The van der Waals surface area contributed by atoms with Crippen LogP contribution in [0, 0.1) is 36.0 Å². The van der Waals surface area contributed by atoms with Gasteiger partial charge < -0.3 is 4.57 Å². The van der Waals surface area contributed by atoms with Gasteiger partial charge in [-0.15, -0.1) is 0 Å². The van der Waals surface area contributed by atoms with Gasteiger partial charge in [-0.2, -0.15) is 0 Å². The Morgan fingerprint density at radius 2 is 1.71 bits per heavy atom. The largest absolute Gasteiger partial charge is 0.318 e. The number of hydrogen-bond acceptors (Lipinski definition) is 1. The predicted octanol–water partition coefficient (Wildman–Crippen LogP) is 4.95.